The van der Waals surface area contributed by atoms with Gasteiger partial charge in [-0.1, -0.05) is 13.3 Å². The molecule has 1 aliphatic rings. The maximum atomic E-state index is 12.1. The van der Waals surface area contributed by atoms with Gasteiger partial charge < -0.3 is 15.0 Å². The van der Waals surface area contributed by atoms with Crippen LogP contribution in [0.15, 0.2) is 0 Å². The lowest BCUT2D eigenvalue weighted by Crippen LogP contribution is -2.46. The average molecular weight is 270 g/mol. The highest BCUT2D eigenvalue weighted by molar-refractivity contribution is 5.68. The number of rotatable bonds is 3. The third-order valence-electron chi connectivity index (χ3n) is 3.46. The number of nitrogens with zero attached hydrogens (tertiary/aromatic N) is 1. The molecule has 0 aromatic carbocycles. The number of hydrogen-bond acceptors (Lipinski definition) is 3. The molecule has 4 nitrogen and oxygen atoms in total. The van der Waals surface area contributed by atoms with Crippen LogP contribution in [0.2, 0.25) is 0 Å². The highest BCUT2D eigenvalue weighted by Crippen LogP contribution is 2.16. The molecular weight excluding hydrogens is 240 g/mol. The van der Waals surface area contributed by atoms with Gasteiger partial charge in [-0.25, -0.2) is 4.79 Å². The molecule has 0 radical (unpaired) electrons. The van der Waals surface area contributed by atoms with E-state index in [-0.39, 0.29) is 6.09 Å². The van der Waals surface area contributed by atoms with Gasteiger partial charge in [0.15, 0.2) is 0 Å². The Balaban J connectivity index is 2.55. The highest BCUT2D eigenvalue weighted by atomic mass is 16.6. The maximum absolute atomic E-state index is 12.1. The molecule has 0 aromatic rings. The Hall–Kier alpha value is -0.770. The lowest BCUT2D eigenvalue weighted by Gasteiger charge is -2.29. The van der Waals surface area contributed by atoms with E-state index in [0.29, 0.717) is 12.1 Å². The van der Waals surface area contributed by atoms with Crippen molar-refractivity contribution in [2.45, 2.75) is 78.0 Å². The summed E-state index contributed by atoms with van der Waals surface area (Å²) in [6.45, 7) is 11.7. The van der Waals surface area contributed by atoms with E-state index in [1.807, 2.05) is 25.7 Å². The molecule has 0 saturated carbocycles. The summed E-state index contributed by atoms with van der Waals surface area (Å²) in [5, 5.41) is 3.61. The van der Waals surface area contributed by atoms with Crippen LogP contribution in [0.4, 0.5) is 4.79 Å². The van der Waals surface area contributed by atoms with Gasteiger partial charge in [0.05, 0.1) is 0 Å². The topological polar surface area (TPSA) is 41.6 Å². The molecule has 4 heteroatoms. The minimum atomic E-state index is -0.414. The summed E-state index contributed by atoms with van der Waals surface area (Å²) in [5.41, 5.74) is -0.414. The fourth-order valence-electron chi connectivity index (χ4n) is 2.29. The third kappa shape index (κ3) is 6.28. The minimum absolute atomic E-state index is 0.176. The van der Waals surface area contributed by atoms with Crippen molar-refractivity contribution in [3.8, 4) is 0 Å². The first-order chi connectivity index (χ1) is 8.81. The van der Waals surface area contributed by atoms with Crippen molar-refractivity contribution >= 4 is 6.09 Å². The van der Waals surface area contributed by atoms with Crippen molar-refractivity contribution in [3.63, 3.8) is 0 Å². The van der Waals surface area contributed by atoms with Crippen LogP contribution in [-0.2, 0) is 4.74 Å². The van der Waals surface area contributed by atoms with E-state index in [0.717, 1.165) is 32.4 Å². The zero-order valence-corrected chi connectivity index (χ0v) is 13.2. The van der Waals surface area contributed by atoms with Gasteiger partial charge in [0.2, 0.25) is 0 Å². The molecule has 1 saturated heterocycles. The number of nitrogens with one attached hydrogen (secondary N) is 1. The average Bonchev–Trinajstić information content (AvgIpc) is 2.52. The Morgan fingerprint density at radius 1 is 1.42 bits per heavy atom. The molecular formula is C15H30N2O2. The molecule has 0 bridgehead atoms. The Morgan fingerprint density at radius 2 is 2.11 bits per heavy atom. The Labute approximate surface area is 117 Å². The molecule has 0 spiro atoms. The molecule has 2 atom stereocenters. The van der Waals surface area contributed by atoms with Crippen molar-refractivity contribution in [1.29, 1.82) is 0 Å². The Bertz CT molecular complexity index is 286. The Morgan fingerprint density at radius 3 is 2.68 bits per heavy atom. The second-order valence-corrected chi connectivity index (χ2v) is 6.60. The quantitative estimate of drug-likeness (QED) is 0.856. The van der Waals surface area contributed by atoms with Crippen molar-refractivity contribution in [3.05, 3.63) is 0 Å². The van der Waals surface area contributed by atoms with E-state index < -0.39 is 5.60 Å². The lowest BCUT2D eigenvalue weighted by molar-refractivity contribution is 0.0242. The fourth-order valence-corrected chi connectivity index (χ4v) is 2.29. The highest BCUT2D eigenvalue weighted by Gasteiger charge is 2.26. The van der Waals surface area contributed by atoms with Crippen molar-refractivity contribution in [2.75, 3.05) is 13.1 Å². The van der Waals surface area contributed by atoms with E-state index in [2.05, 4.69) is 19.2 Å². The van der Waals surface area contributed by atoms with Gasteiger partial charge in [0.25, 0.3) is 0 Å². The predicted octanol–water partition coefficient (Wildman–Crippen LogP) is 3.16. The van der Waals surface area contributed by atoms with Crippen LogP contribution in [0.25, 0.3) is 0 Å². The van der Waals surface area contributed by atoms with Gasteiger partial charge >= 0.3 is 6.09 Å². The van der Waals surface area contributed by atoms with Crippen LogP contribution < -0.4 is 5.32 Å². The van der Waals surface area contributed by atoms with Crippen LogP contribution >= 0.6 is 0 Å². The summed E-state index contributed by atoms with van der Waals surface area (Å²) in [4.78, 5) is 14.0. The summed E-state index contributed by atoms with van der Waals surface area (Å²) in [6, 6.07) is 0.897. The first kappa shape index (κ1) is 16.3. The second kappa shape index (κ2) is 7.13. The number of carbonyl (C=O) groups excluding carboxylic acids is 1. The third-order valence-corrected chi connectivity index (χ3v) is 3.46. The van der Waals surface area contributed by atoms with E-state index in [4.69, 9.17) is 4.74 Å². The standard InChI is InChI=1S/C15H30N2O2/c1-6-12(2)16-13-9-7-8-10-17(11-13)14(18)19-15(3,4)5/h12-13,16H,6-11H2,1-5H3. The molecule has 0 aliphatic carbocycles. The molecule has 1 amide bonds. The minimum Gasteiger partial charge on any atom is -0.444 e. The first-order valence-corrected chi connectivity index (χ1v) is 7.55. The van der Waals surface area contributed by atoms with Crippen LogP contribution in [0.3, 0.4) is 0 Å². The number of hydrogen-bond donors (Lipinski definition) is 1. The van der Waals surface area contributed by atoms with Crippen LogP contribution in [-0.4, -0.2) is 41.8 Å². The summed E-state index contributed by atoms with van der Waals surface area (Å²) >= 11 is 0. The van der Waals surface area contributed by atoms with Gasteiger partial charge in [0, 0.05) is 25.2 Å². The molecule has 1 heterocycles. The summed E-state index contributed by atoms with van der Waals surface area (Å²) in [5.74, 6) is 0. The van der Waals surface area contributed by atoms with Gasteiger partial charge in [-0.3, -0.25) is 0 Å². The molecule has 1 N–H and O–H groups in total. The number of ether oxygens (including phenoxy) is 1. The van der Waals surface area contributed by atoms with Crippen LogP contribution in [0, 0.1) is 0 Å². The van der Waals surface area contributed by atoms with E-state index in [1.165, 1.54) is 6.42 Å². The Kier molecular flexibility index (Phi) is 6.11. The molecule has 2 unspecified atom stereocenters. The summed E-state index contributed by atoms with van der Waals surface area (Å²) < 4.78 is 5.47. The monoisotopic (exact) mass is 270 g/mol. The SMILES string of the molecule is CCC(C)NC1CCCCN(C(=O)OC(C)(C)C)C1. The molecule has 112 valence electrons. The molecule has 1 fully saturated rings. The molecule has 0 aromatic heterocycles. The van der Waals surface area contributed by atoms with Gasteiger partial charge in [0.1, 0.15) is 5.60 Å². The van der Waals surface area contributed by atoms with E-state index in [9.17, 15) is 4.79 Å². The van der Waals surface area contributed by atoms with Crippen molar-refractivity contribution in [1.82, 2.24) is 10.2 Å². The lowest BCUT2D eigenvalue weighted by atomic mass is 10.1. The number of likely N-dealkylation sites (tertiary alicyclic amines) is 1. The van der Waals surface area contributed by atoms with Crippen LogP contribution in [0.5, 0.6) is 0 Å². The van der Waals surface area contributed by atoms with E-state index >= 15 is 0 Å². The normalized spacial score (nSPS) is 22.8. The van der Waals surface area contributed by atoms with E-state index in [1.54, 1.807) is 0 Å². The molecule has 1 rings (SSSR count). The molecule has 19 heavy (non-hydrogen) atoms. The summed E-state index contributed by atoms with van der Waals surface area (Å²) in [7, 11) is 0. The fraction of sp³-hybridized carbons (Fsp3) is 0.933. The number of amides is 1. The van der Waals surface area contributed by atoms with Gasteiger partial charge in [-0.05, 0) is 47.0 Å². The second-order valence-electron chi connectivity index (χ2n) is 6.60. The first-order valence-electron chi connectivity index (χ1n) is 7.55. The van der Waals surface area contributed by atoms with Crippen molar-refractivity contribution < 1.29 is 9.53 Å². The van der Waals surface area contributed by atoms with Gasteiger partial charge in [-0.2, -0.15) is 0 Å². The molecule has 1 aliphatic heterocycles. The van der Waals surface area contributed by atoms with Gasteiger partial charge in [-0.15, -0.1) is 0 Å². The zero-order chi connectivity index (χ0) is 14.5. The van der Waals surface area contributed by atoms with Crippen LogP contribution in [0.1, 0.15) is 60.3 Å². The number of carbonyl (C=O) groups is 1. The largest absolute Gasteiger partial charge is 0.444 e. The van der Waals surface area contributed by atoms with Crippen molar-refractivity contribution in [2.24, 2.45) is 0 Å². The smallest absolute Gasteiger partial charge is 0.410 e. The predicted molar refractivity (Wildman–Crippen MR) is 78.3 cm³/mol. The summed E-state index contributed by atoms with van der Waals surface area (Å²) in [6.07, 6.45) is 4.32. The zero-order valence-electron chi connectivity index (χ0n) is 13.2. The maximum Gasteiger partial charge on any atom is 0.410 e.